The van der Waals surface area contributed by atoms with Crippen LogP contribution >= 0.6 is 0 Å². The number of rotatable bonds is 3. The van der Waals surface area contributed by atoms with Gasteiger partial charge in [-0.3, -0.25) is 0 Å². The van der Waals surface area contributed by atoms with E-state index >= 15 is 0 Å². The normalized spacial score (nSPS) is 15.5. The molecule has 1 aromatic carbocycles. The Balaban J connectivity index is 1.96. The summed E-state index contributed by atoms with van der Waals surface area (Å²) >= 11 is 0. The van der Waals surface area contributed by atoms with Gasteiger partial charge in [0.2, 0.25) is 10.0 Å². The molecule has 0 amide bonds. The number of aryl methyl sites for hydroxylation is 1. The molecule has 2 aromatic rings. The third kappa shape index (κ3) is 2.06. The molecule has 0 aliphatic carbocycles. The second kappa shape index (κ2) is 4.73. The summed E-state index contributed by atoms with van der Waals surface area (Å²) in [5.74, 6) is 0.572. The highest BCUT2D eigenvalue weighted by molar-refractivity contribution is 7.89. The fourth-order valence-corrected chi connectivity index (χ4v) is 4.05. The van der Waals surface area contributed by atoms with E-state index in [0.29, 0.717) is 18.8 Å². The molecule has 5 nitrogen and oxygen atoms in total. The highest BCUT2D eigenvalue weighted by atomic mass is 32.2. The van der Waals surface area contributed by atoms with Gasteiger partial charge in [-0.15, -0.1) is 0 Å². The van der Waals surface area contributed by atoms with E-state index < -0.39 is 10.0 Å². The Bertz CT molecular complexity index is 723. The first-order chi connectivity index (χ1) is 9.52. The van der Waals surface area contributed by atoms with Crippen LogP contribution in [-0.4, -0.2) is 17.8 Å². The Kier molecular flexibility index (Phi) is 3.16. The molecule has 2 heterocycles. The molecule has 0 unspecified atom stereocenters. The molecule has 20 heavy (non-hydrogen) atoms. The van der Waals surface area contributed by atoms with Crippen LogP contribution in [-0.2, 0) is 29.7 Å². The quantitative estimate of drug-likeness (QED) is 0.936. The van der Waals surface area contributed by atoms with Crippen LogP contribution in [0.1, 0.15) is 22.6 Å². The Morgan fingerprint density at radius 3 is 2.35 bits per heavy atom. The predicted octanol–water partition coefficient (Wildman–Crippen LogP) is 1.78. The van der Waals surface area contributed by atoms with Gasteiger partial charge in [0.15, 0.2) is 0 Å². The first kappa shape index (κ1) is 13.4. The number of nitrogens with zero attached hydrogens (tertiary/aromatic N) is 1. The standard InChI is InChI=1S/C14H15NO4S/c1-10-14(6-13(9-16)19-10)20(17,18)15-7-11-4-2-3-5-12(11)8-15/h2-6,16H,7-9H2,1H3. The van der Waals surface area contributed by atoms with E-state index in [2.05, 4.69) is 0 Å². The highest BCUT2D eigenvalue weighted by Crippen LogP contribution is 2.30. The summed E-state index contributed by atoms with van der Waals surface area (Å²) < 4.78 is 31.9. The molecule has 0 fully saturated rings. The Morgan fingerprint density at radius 2 is 1.85 bits per heavy atom. The Morgan fingerprint density at radius 1 is 1.25 bits per heavy atom. The molecule has 0 saturated carbocycles. The summed E-state index contributed by atoms with van der Waals surface area (Å²) in [6.45, 7) is 2.03. The van der Waals surface area contributed by atoms with Gasteiger partial charge in [0, 0.05) is 19.2 Å². The van der Waals surface area contributed by atoms with Crippen LogP contribution in [0.5, 0.6) is 0 Å². The van der Waals surface area contributed by atoms with Gasteiger partial charge in [-0.25, -0.2) is 8.42 Å². The van der Waals surface area contributed by atoms with E-state index in [4.69, 9.17) is 9.52 Å². The summed E-state index contributed by atoms with van der Waals surface area (Å²) in [6.07, 6.45) is 0. The van der Waals surface area contributed by atoms with Gasteiger partial charge < -0.3 is 9.52 Å². The SMILES string of the molecule is Cc1oc(CO)cc1S(=O)(=O)N1Cc2ccccc2C1. The molecular formula is C14H15NO4S. The maximum Gasteiger partial charge on any atom is 0.247 e. The van der Waals surface area contributed by atoms with Crippen molar-refractivity contribution < 1.29 is 17.9 Å². The van der Waals surface area contributed by atoms with E-state index in [9.17, 15) is 8.42 Å². The molecule has 6 heteroatoms. The lowest BCUT2D eigenvalue weighted by atomic mass is 10.1. The van der Waals surface area contributed by atoms with Crippen molar-refractivity contribution in [3.05, 3.63) is 53.0 Å². The van der Waals surface area contributed by atoms with Gasteiger partial charge in [-0.1, -0.05) is 24.3 Å². The van der Waals surface area contributed by atoms with E-state index in [1.807, 2.05) is 24.3 Å². The Hall–Kier alpha value is -1.63. The number of sulfonamides is 1. The fourth-order valence-electron chi connectivity index (χ4n) is 2.47. The third-order valence-electron chi connectivity index (χ3n) is 3.51. The van der Waals surface area contributed by atoms with Gasteiger partial charge in [0.05, 0.1) is 0 Å². The number of aliphatic hydroxyl groups excluding tert-OH is 1. The van der Waals surface area contributed by atoms with Crippen molar-refractivity contribution in [2.24, 2.45) is 0 Å². The lowest BCUT2D eigenvalue weighted by Crippen LogP contribution is -2.25. The molecule has 3 rings (SSSR count). The summed E-state index contributed by atoms with van der Waals surface area (Å²) in [7, 11) is -3.60. The van der Waals surface area contributed by atoms with Crippen LogP contribution in [0, 0.1) is 6.92 Å². The van der Waals surface area contributed by atoms with Crippen molar-refractivity contribution in [1.29, 1.82) is 0 Å². The van der Waals surface area contributed by atoms with E-state index in [-0.39, 0.29) is 17.3 Å². The number of furan rings is 1. The molecule has 1 N–H and O–H groups in total. The first-order valence-corrected chi connectivity index (χ1v) is 7.73. The second-order valence-corrected chi connectivity index (χ2v) is 6.74. The maximum absolute atomic E-state index is 12.6. The number of fused-ring (bicyclic) bond motifs is 1. The zero-order valence-corrected chi connectivity index (χ0v) is 11.9. The van der Waals surface area contributed by atoms with Crippen molar-refractivity contribution in [2.45, 2.75) is 31.5 Å². The van der Waals surface area contributed by atoms with E-state index in [1.165, 1.54) is 10.4 Å². The van der Waals surface area contributed by atoms with Gasteiger partial charge in [-0.05, 0) is 18.1 Å². The molecule has 0 saturated heterocycles. The average Bonchev–Trinajstić information content (AvgIpc) is 3.02. The van der Waals surface area contributed by atoms with E-state index in [1.54, 1.807) is 6.92 Å². The van der Waals surface area contributed by atoms with Crippen LogP contribution in [0.2, 0.25) is 0 Å². The molecule has 106 valence electrons. The summed E-state index contributed by atoms with van der Waals surface area (Å²) in [4.78, 5) is 0.134. The summed E-state index contributed by atoms with van der Waals surface area (Å²) in [5, 5.41) is 9.05. The van der Waals surface area contributed by atoms with Crippen LogP contribution < -0.4 is 0 Å². The summed E-state index contributed by atoms with van der Waals surface area (Å²) in [6, 6.07) is 9.08. The molecule has 0 spiro atoms. The topological polar surface area (TPSA) is 70.8 Å². The molecule has 0 atom stereocenters. The van der Waals surface area contributed by atoms with Gasteiger partial charge in [0.25, 0.3) is 0 Å². The van der Waals surface area contributed by atoms with Gasteiger partial charge in [0.1, 0.15) is 23.0 Å². The predicted molar refractivity (Wildman–Crippen MR) is 72.2 cm³/mol. The molecule has 1 aliphatic rings. The van der Waals surface area contributed by atoms with E-state index in [0.717, 1.165) is 11.1 Å². The molecule has 0 bridgehead atoms. The third-order valence-corrected chi connectivity index (χ3v) is 5.41. The number of hydrogen-bond acceptors (Lipinski definition) is 4. The second-order valence-electron chi connectivity index (χ2n) is 4.83. The van der Waals surface area contributed by atoms with Crippen molar-refractivity contribution in [2.75, 3.05) is 0 Å². The minimum absolute atomic E-state index is 0.134. The van der Waals surface area contributed by atoms with Crippen LogP contribution in [0.25, 0.3) is 0 Å². The summed E-state index contributed by atoms with van der Waals surface area (Å²) in [5.41, 5.74) is 2.05. The highest BCUT2D eigenvalue weighted by Gasteiger charge is 2.33. The van der Waals surface area contributed by atoms with Crippen LogP contribution in [0.15, 0.2) is 39.6 Å². The minimum atomic E-state index is -3.60. The largest absolute Gasteiger partial charge is 0.462 e. The monoisotopic (exact) mass is 293 g/mol. The van der Waals surface area contributed by atoms with Crippen molar-refractivity contribution in [1.82, 2.24) is 4.31 Å². The van der Waals surface area contributed by atoms with Crippen LogP contribution in [0.3, 0.4) is 0 Å². The molecule has 1 aromatic heterocycles. The smallest absolute Gasteiger partial charge is 0.247 e. The lowest BCUT2D eigenvalue weighted by molar-refractivity contribution is 0.244. The number of hydrogen-bond donors (Lipinski definition) is 1. The van der Waals surface area contributed by atoms with Gasteiger partial charge >= 0.3 is 0 Å². The van der Waals surface area contributed by atoms with Crippen molar-refractivity contribution in [3.63, 3.8) is 0 Å². The minimum Gasteiger partial charge on any atom is -0.462 e. The number of aliphatic hydroxyl groups is 1. The number of benzene rings is 1. The Labute approximate surface area is 117 Å². The zero-order chi connectivity index (χ0) is 14.3. The zero-order valence-electron chi connectivity index (χ0n) is 11.0. The molecule has 1 aliphatic heterocycles. The molecular weight excluding hydrogens is 278 g/mol. The maximum atomic E-state index is 12.6. The molecule has 0 radical (unpaired) electrons. The van der Waals surface area contributed by atoms with Crippen LogP contribution in [0.4, 0.5) is 0 Å². The van der Waals surface area contributed by atoms with Gasteiger partial charge in [-0.2, -0.15) is 4.31 Å². The fraction of sp³-hybridized carbons (Fsp3) is 0.286. The average molecular weight is 293 g/mol. The lowest BCUT2D eigenvalue weighted by Gasteiger charge is -2.14. The van der Waals surface area contributed by atoms with Crippen molar-refractivity contribution >= 4 is 10.0 Å². The van der Waals surface area contributed by atoms with Crippen molar-refractivity contribution in [3.8, 4) is 0 Å². The first-order valence-electron chi connectivity index (χ1n) is 6.29.